The van der Waals surface area contributed by atoms with E-state index in [-0.39, 0.29) is 5.75 Å². The predicted molar refractivity (Wildman–Crippen MR) is 96.9 cm³/mol. The topological polar surface area (TPSA) is 86.5 Å². The molecule has 2 N–H and O–H groups in total. The average Bonchev–Trinajstić information content (AvgIpc) is 2.62. The number of alkyl halides is 3. The highest BCUT2D eigenvalue weighted by molar-refractivity contribution is 8.13. The molecule has 27 heavy (non-hydrogen) atoms. The molecule has 0 radical (unpaired) electrons. The lowest BCUT2D eigenvalue weighted by Gasteiger charge is -2.10. The third kappa shape index (κ3) is 6.56. The molecule has 0 heterocycles. The second-order valence-corrected chi connectivity index (χ2v) is 5.73. The minimum absolute atomic E-state index is 0.296. The Labute approximate surface area is 157 Å². The van der Waals surface area contributed by atoms with E-state index in [1.165, 1.54) is 30.0 Å². The molecule has 2 aromatic carbocycles. The van der Waals surface area contributed by atoms with Crippen LogP contribution in [-0.4, -0.2) is 23.7 Å². The number of carbonyl (C=O) groups is 1. The van der Waals surface area contributed by atoms with Crippen LogP contribution in [0.2, 0.25) is 0 Å². The van der Waals surface area contributed by atoms with E-state index >= 15 is 0 Å². The zero-order chi connectivity index (χ0) is 19.9. The van der Waals surface area contributed by atoms with Crippen LogP contribution in [0.5, 0.6) is 5.75 Å². The van der Waals surface area contributed by atoms with Gasteiger partial charge < -0.3 is 10.1 Å². The first-order chi connectivity index (χ1) is 12.8. The molecule has 0 saturated carbocycles. The molecule has 6 nitrogen and oxygen atoms in total. The molecular weight excluding hydrogens is 381 g/mol. The maximum Gasteiger partial charge on any atom is 0.573 e. The van der Waals surface area contributed by atoms with Crippen molar-refractivity contribution in [3.63, 3.8) is 0 Å². The van der Waals surface area contributed by atoms with Crippen LogP contribution in [0.25, 0.3) is 0 Å². The Morgan fingerprint density at radius 1 is 1.22 bits per heavy atom. The highest BCUT2D eigenvalue weighted by atomic mass is 32.2. The van der Waals surface area contributed by atoms with Crippen molar-refractivity contribution in [2.75, 3.05) is 11.6 Å². The molecule has 0 fully saturated rings. The van der Waals surface area contributed by atoms with Crippen LogP contribution in [0.1, 0.15) is 10.4 Å². The van der Waals surface area contributed by atoms with Crippen molar-refractivity contribution in [1.82, 2.24) is 5.32 Å². The molecule has 0 bridgehead atoms. The molecule has 0 unspecified atom stereocenters. The first-order valence-corrected chi connectivity index (χ1v) is 8.58. The first-order valence-electron chi connectivity index (χ1n) is 7.36. The number of rotatable bonds is 4. The Morgan fingerprint density at radius 3 is 2.52 bits per heavy atom. The minimum Gasteiger partial charge on any atom is -0.406 e. The van der Waals surface area contributed by atoms with Crippen LogP contribution in [0.3, 0.4) is 0 Å². The van der Waals surface area contributed by atoms with Gasteiger partial charge in [-0.25, -0.2) is 4.99 Å². The van der Waals surface area contributed by atoms with Crippen molar-refractivity contribution >= 4 is 34.2 Å². The van der Waals surface area contributed by atoms with E-state index in [1.807, 2.05) is 0 Å². The standard InChI is InChI=1S/C17H13F3N4O2S/c1-27-16(22-10-21)24-13-4-2-3-11(9-13)15(25)23-12-5-7-14(8-6-12)26-17(18,19)20/h2-9H,1H3,(H,22,24)(H,23,25). The summed E-state index contributed by atoms with van der Waals surface area (Å²) in [5.41, 5.74) is 1.06. The van der Waals surface area contributed by atoms with E-state index < -0.39 is 12.3 Å². The molecule has 0 spiro atoms. The molecule has 0 aliphatic heterocycles. The number of anilines is 1. The van der Waals surface area contributed by atoms with Crippen LogP contribution in [-0.2, 0) is 0 Å². The number of nitrogens with zero attached hydrogens (tertiary/aromatic N) is 2. The van der Waals surface area contributed by atoms with Crippen molar-refractivity contribution in [3.8, 4) is 11.9 Å². The number of aliphatic imine (C=N–C) groups is 1. The van der Waals surface area contributed by atoms with Gasteiger partial charge in [0, 0.05) is 11.3 Å². The normalized spacial score (nSPS) is 11.4. The number of amides is 1. The van der Waals surface area contributed by atoms with Gasteiger partial charge in [0.2, 0.25) is 0 Å². The molecule has 2 rings (SSSR count). The molecule has 0 aromatic heterocycles. The lowest BCUT2D eigenvalue weighted by atomic mass is 10.2. The molecule has 0 aliphatic rings. The molecular formula is C17H13F3N4O2S. The van der Waals surface area contributed by atoms with Gasteiger partial charge in [-0.05, 0) is 48.7 Å². The Balaban J connectivity index is 2.10. The molecule has 0 aliphatic carbocycles. The quantitative estimate of drug-likeness (QED) is 0.350. The van der Waals surface area contributed by atoms with Crippen LogP contribution >= 0.6 is 11.8 Å². The average molecular weight is 394 g/mol. The highest BCUT2D eigenvalue weighted by Crippen LogP contribution is 2.24. The number of carbonyl (C=O) groups excluding carboxylic acids is 1. The first kappa shape index (κ1) is 20.1. The van der Waals surface area contributed by atoms with E-state index in [0.717, 1.165) is 12.1 Å². The van der Waals surface area contributed by atoms with Crippen molar-refractivity contribution < 1.29 is 22.7 Å². The summed E-state index contributed by atoms with van der Waals surface area (Å²) in [6, 6.07) is 11.2. The lowest BCUT2D eigenvalue weighted by Crippen LogP contribution is -2.17. The fourth-order valence-electron chi connectivity index (χ4n) is 1.95. The number of halogens is 3. The summed E-state index contributed by atoms with van der Waals surface area (Å²) in [5.74, 6) is -0.845. The highest BCUT2D eigenvalue weighted by Gasteiger charge is 2.30. The number of thioether (sulfide) groups is 1. The van der Waals surface area contributed by atoms with Crippen LogP contribution in [0.4, 0.5) is 24.5 Å². The van der Waals surface area contributed by atoms with Gasteiger partial charge in [-0.15, -0.1) is 13.2 Å². The van der Waals surface area contributed by atoms with E-state index in [0.29, 0.717) is 22.1 Å². The van der Waals surface area contributed by atoms with Gasteiger partial charge in [-0.3, -0.25) is 10.1 Å². The number of nitrogens with one attached hydrogen (secondary N) is 2. The Morgan fingerprint density at radius 2 is 1.93 bits per heavy atom. The number of ether oxygens (including phenoxy) is 1. The van der Waals surface area contributed by atoms with Gasteiger partial charge in [0.15, 0.2) is 11.4 Å². The molecule has 2 aromatic rings. The summed E-state index contributed by atoms with van der Waals surface area (Å²) in [5, 5.41) is 14.0. The lowest BCUT2D eigenvalue weighted by molar-refractivity contribution is -0.274. The zero-order valence-corrected chi connectivity index (χ0v) is 14.7. The number of benzene rings is 2. The SMILES string of the molecule is CSC(=Nc1cccc(C(=O)Nc2ccc(OC(F)(F)F)cc2)c1)NC#N. The smallest absolute Gasteiger partial charge is 0.406 e. The predicted octanol–water partition coefficient (Wildman–Crippen LogP) is 4.26. The van der Waals surface area contributed by atoms with Crippen molar-refractivity contribution in [1.29, 1.82) is 5.26 Å². The van der Waals surface area contributed by atoms with Crippen LogP contribution in [0, 0.1) is 11.5 Å². The maximum absolute atomic E-state index is 12.3. The summed E-state index contributed by atoms with van der Waals surface area (Å²) in [4.78, 5) is 16.5. The number of hydrogen-bond acceptors (Lipinski definition) is 5. The monoisotopic (exact) mass is 394 g/mol. The fraction of sp³-hybridized carbons (Fsp3) is 0.118. The molecule has 0 atom stereocenters. The summed E-state index contributed by atoms with van der Waals surface area (Å²) in [6.45, 7) is 0. The van der Waals surface area contributed by atoms with Gasteiger partial charge in [0.05, 0.1) is 5.69 Å². The zero-order valence-electron chi connectivity index (χ0n) is 13.9. The molecule has 140 valence electrons. The van der Waals surface area contributed by atoms with E-state index in [2.05, 4.69) is 20.4 Å². The van der Waals surface area contributed by atoms with Gasteiger partial charge >= 0.3 is 6.36 Å². The number of amidine groups is 1. The van der Waals surface area contributed by atoms with E-state index in [4.69, 9.17) is 5.26 Å². The van der Waals surface area contributed by atoms with Gasteiger partial charge in [-0.2, -0.15) is 5.26 Å². The third-order valence-corrected chi connectivity index (χ3v) is 3.62. The molecule has 10 heteroatoms. The van der Waals surface area contributed by atoms with Crippen LogP contribution < -0.4 is 15.4 Å². The summed E-state index contributed by atoms with van der Waals surface area (Å²) in [7, 11) is 0. The molecule has 1 amide bonds. The summed E-state index contributed by atoms with van der Waals surface area (Å²) >= 11 is 1.24. The Bertz CT molecular complexity index is 877. The largest absolute Gasteiger partial charge is 0.573 e. The Kier molecular flexibility index (Phi) is 6.67. The van der Waals surface area contributed by atoms with Gasteiger partial charge in [-0.1, -0.05) is 17.8 Å². The van der Waals surface area contributed by atoms with Crippen molar-refractivity contribution in [2.24, 2.45) is 4.99 Å². The molecule has 0 saturated heterocycles. The minimum atomic E-state index is -4.78. The summed E-state index contributed by atoms with van der Waals surface area (Å²) < 4.78 is 40.2. The van der Waals surface area contributed by atoms with Crippen LogP contribution in [0.15, 0.2) is 53.5 Å². The second kappa shape index (κ2) is 8.95. The Hall–Kier alpha value is -3.19. The second-order valence-electron chi connectivity index (χ2n) is 4.93. The number of hydrogen-bond donors (Lipinski definition) is 2. The third-order valence-electron chi connectivity index (χ3n) is 3.04. The van der Waals surface area contributed by atoms with Crippen molar-refractivity contribution in [3.05, 3.63) is 54.1 Å². The van der Waals surface area contributed by atoms with E-state index in [1.54, 1.807) is 30.6 Å². The van der Waals surface area contributed by atoms with Gasteiger partial charge in [0.1, 0.15) is 5.75 Å². The van der Waals surface area contributed by atoms with Gasteiger partial charge in [0.25, 0.3) is 5.91 Å². The summed E-state index contributed by atoms with van der Waals surface area (Å²) in [6.07, 6.45) is -1.27. The number of nitriles is 1. The fourth-order valence-corrected chi connectivity index (χ4v) is 2.29. The van der Waals surface area contributed by atoms with E-state index in [9.17, 15) is 18.0 Å². The maximum atomic E-state index is 12.3. The van der Waals surface area contributed by atoms with Crippen molar-refractivity contribution in [2.45, 2.75) is 6.36 Å².